The van der Waals surface area contributed by atoms with Gasteiger partial charge in [0.15, 0.2) is 22.5 Å². The number of benzene rings is 4. The van der Waals surface area contributed by atoms with Crippen LogP contribution in [-0.2, 0) is 11.4 Å². The van der Waals surface area contributed by atoms with E-state index in [-0.39, 0.29) is 11.7 Å². The fraction of sp³-hybridized carbons (Fsp3) is 0.152. The van der Waals surface area contributed by atoms with E-state index >= 15 is 0 Å². The molecule has 0 radical (unpaired) electrons. The molecule has 0 aliphatic heterocycles. The van der Waals surface area contributed by atoms with Crippen molar-refractivity contribution in [1.82, 2.24) is 20.2 Å². The van der Waals surface area contributed by atoms with Crippen LogP contribution in [0.5, 0.6) is 17.2 Å². The fourth-order valence-electron chi connectivity index (χ4n) is 4.18. The van der Waals surface area contributed by atoms with E-state index in [1.807, 2.05) is 102 Å². The minimum Gasteiger partial charge on any atom is -0.497 e. The molecule has 0 bridgehead atoms. The summed E-state index contributed by atoms with van der Waals surface area (Å²) in [7, 11) is 3.21. The standard InChI is InChI=1S/C33H31N5O4S/c1-23-9-12-26(13-10-23)32-36-37-33(38(32)27-14-16-28(40-2)17-15-27)43-22-31(39)35-34-20-25-11-18-29(30(19-25)41-3)42-21-24-7-5-4-6-8-24/h4-20H,21-22H2,1-3H3,(H,35,39)/b34-20+. The van der Waals surface area contributed by atoms with Crippen molar-refractivity contribution in [3.8, 4) is 34.3 Å². The number of aromatic nitrogens is 3. The lowest BCUT2D eigenvalue weighted by molar-refractivity contribution is -0.118. The SMILES string of the molecule is COc1ccc(-n2c(SCC(=O)N/N=C/c3ccc(OCc4ccccc4)c(OC)c3)nnc2-c2ccc(C)cc2)cc1. The van der Waals surface area contributed by atoms with Crippen LogP contribution in [0.25, 0.3) is 17.1 Å². The maximum absolute atomic E-state index is 12.7. The quantitative estimate of drug-likeness (QED) is 0.106. The highest BCUT2D eigenvalue weighted by Crippen LogP contribution is 2.30. The lowest BCUT2D eigenvalue weighted by Crippen LogP contribution is -2.20. The Bertz CT molecular complexity index is 1690. The van der Waals surface area contributed by atoms with Gasteiger partial charge in [-0.1, -0.05) is 71.9 Å². The van der Waals surface area contributed by atoms with Crippen molar-refractivity contribution in [2.75, 3.05) is 20.0 Å². The monoisotopic (exact) mass is 593 g/mol. The predicted octanol–water partition coefficient (Wildman–Crippen LogP) is 6.08. The summed E-state index contributed by atoms with van der Waals surface area (Å²) in [6.07, 6.45) is 1.56. The molecule has 1 N–H and O–H groups in total. The van der Waals surface area contributed by atoms with E-state index in [1.165, 1.54) is 11.8 Å². The van der Waals surface area contributed by atoms with Crippen molar-refractivity contribution in [3.05, 3.63) is 114 Å². The van der Waals surface area contributed by atoms with Crippen molar-refractivity contribution in [2.24, 2.45) is 5.10 Å². The number of carbonyl (C=O) groups is 1. The van der Waals surface area contributed by atoms with E-state index in [4.69, 9.17) is 14.2 Å². The van der Waals surface area contributed by atoms with Gasteiger partial charge >= 0.3 is 0 Å². The first-order chi connectivity index (χ1) is 21.0. The van der Waals surface area contributed by atoms with E-state index in [0.29, 0.717) is 29.1 Å². The second-order valence-electron chi connectivity index (χ2n) is 9.47. The highest BCUT2D eigenvalue weighted by Gasteiger charge is 2.17. The Morgan fingerprint density at radius 1 is 0.907 bits per heavy atom. The van der Waals surface area contributed by atoms with Crippen LogP contribution in [0, 0.1) is 6.92 Å². The third-order valence-electron chi connectivity index (χ3n) is 6.43. The molecule has 0 unspecified atom stereocenters. The van der Waals surface area contributed by atoms with Crippen molar-refractivity contribution in [3.63, 3.8) is 0 Å². The summed E-state index contributed by atoms with van der Waals surface area (Å²) in [4.78, 5) is 12.7. The zero-order valence-corrected chi connectivity index (χ0v) is 24.9. The Balaban J connectivity index is 1.23. The smallest absolute Gasteiger partial charge is 0.250 e. The van der Waals surface area contributed by atoms with Crippen molar-refractivity contribution in [1.29, 1.82) is 0 Å². The Labute approximate surface area is 254 Å². The molecule has 218 valence electrons. The second kappa shape index (κ2) is 14.2. The maximum Gasteiger partial charge on any atom is 0.250 e. The lowest BCUT2D eigenvalue weighted by atomic mass is 10.1. The molecule has 5 aromatic rings. The first-order valence-corrected chi connectivity index (χ1v) is 14.5. The molecule has 0 aliphatic carbocycles. The molecule has 4 aromatic carbocycles. The molecular weight excluding hydrogens is 562 g/mol. The zero-order valence-electron chi connectivity index (χ0n) is 24.1. The van der Waals surface area contributed by atoms with Gasteiger partial charge < -0.3 is 14.2 Å². The molecule has 0 aliphatic rings. The molecule has 0 spiro atoms. The van der Waals surface area contributed by atoms with Gasteiger partial charge in [-0.3, -0.25) is 9.36 Å². The molecular formula is C33H31N5O4S. The molecule has 1 aromatic heterocycles. The van der Waals surface area contributed by atoms with Crippen molar-refractivity contribution >= 4 is 23.9 Å². The van der Waals surface area contributed by atoms with Gasteiger partial charge in [-0.15, -0.1) is 10.2 Å². The zero-order chi connectivity index (χ0) is 30.0. The number of hydrogen-bond acceptors (Lipinski definition) is 8. The van der Waals surface area contributed by atoms with E-state index in [9.17, 15) is 4.79 Å². The number of amides is 1. The molecule has 0 saturated heterocycles. The lowest BCUT2D eigenvalue weighted by Gasteiger charge is -2.11. The first-order valence-electron chi connectivity index (χ1n) is 13.5. The number of ether oxygens (including phenoxy) is 3. The van der Waals surface area contributed by atoms with E-state index in [2.05, 4.69) is 20.7 Å². The Morgan fingerprint density at radius 3 is 2.40 bits per heavy atom. The van der Waals surface area contributed by atoms with Gasteiger partial charge in [-0.25, -0.2) is 5.43 Å². The molecule has 0 atom stereocenters. The van der Waals surface area contributed by atoms with Gasteiger partial charge in [-0.2, -0.15) is 5.10 Å². The van der Waals surface area contributed by atoms with Gasteiger partial charge in [-0.05, 0) is 60.5 Å². The summed E-state index contributed by atoms with van der Waals surface area (Å²) in [6.45, 7) is 2.46. The van der Waals surface area contributed by atoms with Crippen LogP contribution in [0.2, 0.25) is 0 Å². The number of methoxy groups -OCH3 is 2. The van der Waals surface area contributed by atoms with Crippen LogP contribution >= 0.6 is 11.8 Å². The normalized spacial score (nSPS) is 11.0. The van der Waals surface area contributed by atoms with Gasteiger partial charge in [0.05, 0.1) is 26.2 Å². The molecule has 1 heterocycles. The second-order valence-corrected chi connectivity index (χ2v) is 10.4. The summed E-state index contributed by atoms with van der Waals surface area (Å²) < 4.78 is 18.6. The number of thioether (sulfide) groups is 1. The summed E-state index contributed by atoms with van der Waals surface area (Å²) in [6, 6.07) is 31.1. The number of rotatable bonds is 12. The molecule has 9 nitrogen and oxygen atoms in total. The summed E-state index contributed by atoms with van der Waals surface area (Å²) in [5, 5.41) is 13.5. The third-order valence-corrected chi connectivity index (χ3v) is 7.36. The molecule has 5 rings (SSSR count). The summed E-state index contributed by atoms with van der Waals surface area (Å²) in [5.74, 6) is 2.43. The molecule has 43 heavy (non-hydrogen) atoms. The Morgan fingerprint density at radius 2 is 1.67 bits per heavy atom. The maximum atomic E-state index is 12.7. The van der Waals surface area contributed by atoms with Crippen molar-refractivity contribution in [2.45, 2.75) is 18.7 Å². The number of nitrogens with one attached hydrogen (secondary N) is 1. The van der Waals surface area contributed by atoms with Crippen molar-refractivity contribution < 1.29 is 19.0 Å². The number of aryl methyl sites for hydroxylation is 1. The summed E-state index contributed by atoms with van der Waals surface area (Å²) >= 11 is 1.27. The average Bonchev–Trinajstić information content (AvgIpc) is 3.47. The van der Waals surface area contributed by atoms with Gasteiger partial charge in [0, 0.05) is 11.3 Å². The van der Waals surface area contributed by atoms with Crippen LogP contribution in [0.3, 0.4) is 0 Å². The first kappa shape index (κ1) is 29.4. The number of nitrogens with zero attached hydrogens (tertiary/aromatic N) is 4. The molecule has 10 heteroatoms. The number of hydrogen-bond donors (Lipinski definition) is 1. The fourth-order valence-corrected chi connectivity index (χ4v) is 4.92. The van der Waals surface area contributed by atoms with Gasteiger partial charge in [0.2, 0.25) is 0 Å². The third kappa shape index (κ3) is 7.60. The molecule has 1 amide bonds. The summed E-state index contributed by atoms with van der Waals surface area (Å²) in [5.41, 5.74) is 7.31. The van der Waals surface area contributed by atoms with Crippen LogP contribution in [0.1, 0.15) is 16.7 Å². The number of hydrazone groups is 1. The van der Waals surface area contributed by atoms with Crippen LogP contribution < -0.4 is 19.6 Å². The largest absolute Gasteiger partial charge is 0.497 e. The minimum atomic E-state index is -0.280. The minimum absolute atomic E-state index is 0.0924. The van der Waals surface area contributed by atoms with Crippen LogP contribution in [0.4, 0.5) is 0 Å². The van der Waals surface area contributed by atoms with E-state index in [0.717, 1.165) is 33.7 Å². The molecule has 0 fully saturated rings. The Kier molecular flexibility index (Phi) is 9.71. The highest BCUT2D eigenvalue weighted by atomic mass is 32.2. The number of carbonyl (C=O) groups excluding carboxylic acids is 1. The van der Waals surface area contributed by atoms with Gasteiger partial charge in [0.25, 0.3) is 5.91 Å². The van der Waals surface area contributed by atoms with E-state index in [1.54, 1.807) is 26.5 Å². The van der Waals surface area contributed by atoms with Crippen LogP contribution in [-0.4, -0.2) is 46.9 Å². The predicted molar refractivity (Wildman–Crippen MR) is 168 cm³/mol. The Hall–Kier alpha value is -5.09. The topological polar surface area (TPSA) is 99.9 Å². The average molecular weight is 594 g/mol. The van der Waals surface area contributed by atoms with Gasteiger partial charge in [0.1, 0.15) is 12.4 Å². The van der Waals surface area contributed by atoms with Crippen LogP contribution in [0.15, 0.2) is 107 Å². The molecule has 0 saturated carbocycles. The van der Waals surface area contributed by atoms with E-state index < -0.39 is 0 Å². The highest BCUT2D eigenvalue weighted by molar-refractivity contribution is 7.99.